The molecule has 10 heterocycles. The van der Waals surface area contributed by atoms with Gasteiger partial charge in [-0.25, -0.2) is 34.6 Å². The number of piperazine rings is 1. The molecule has 678 valence electrons. The Labute approximate surface area is 736 Å². The van der Waals surface area contributed by atoms with Gasteiger partial charge in [-0.15, -0.1) is 0 Å². The van der Waals surface area contributed by atoms with Gasteiger partial charge in [0.25, 0.3) is 36.0 Å². The Morgan fingerprint density at radius 1 is 0.770 bits per heavy atom. The molecule has 6 aliphatic rings. The number of piperidine rings is 1. The number of carbonyl (C=O) groups excluding carboxylic acids is 6. The molecule has 5 aromatic heterocycles. The summed E-state index contributed by atoms with van der Waals surface area (Å²) in [6, 6.07) is 11.9. The Hall–Kier alpha value is -10.7. The number of benzene rings is 2. The maximum Gasteiger partial charge on any atom is 0.295 e. The number of Topliss-reactive ketones (excluding diaryl/α,β-unsaturated/α-hetero) is 1. The standard InChI is InChI=1S/C93H126N18O15/c1-59(13-11-14-62(4)80(121-7)48-74-15-12-31-93(120,126-74)85(117)89(119)106-33-9-8-10-34-106)43-61(3)45-63(5)76(49-78(114)64(6)44-60(2)16-25-73(123-58-112)26-20-65-18-23-72(113)24-19-65)105-124-56-81(115)96-32-42-122-41-30-82(116)109-36-29-75-71(55-109)52-99-92(103-75)108-39-37-107(38-40-108)91-97-50-70(51-98-91)88(118)110-35-28-67-46-66(17-21-69(67)54-110)53-111-87-83(86(94)100-57-101-87)84(104-111)68-22-27-79-77(47-68)102-90(95)125-79/h11,13-14,17,21-22,27,44,46-47,50-52,57-61,63,65,72-74,78,80,113-114,120H,8-10,12,15-16,18-20,23-26,28-43,45,48-49,53-56H2,1-7H3,(H2,95,102)(H,96,115)(H2,94,100,101)/b13-11+,62-14+,64-44+,105-76-/t59?,60-,61+,63+,65?,72?,73-,74?,78-,80-,93+/m0/s1. The first-order valence-corrected chi connectivity index (χ1v) is 45.1. The van der Waals surface area contributed by atoms with Crippen molar-refractivity contribution in [3.8, 4) is 11.3 Å². The number of anilines is 4. The summed E-state index contributed by atoms with van der Waals surface area (Å²) in [5, 5.41) is 46.1. The highest BCUT2D eigenvalue weighted by Gasteiger charge is 2.47. The zero-order valence-electron chi connectivity index (χ0n) is 74.0. The molecule has 3 saturated heterocycles. The number of nitrogen functional groups attached to an aromatic ring is 2. The van der Waals surface area contributed by atoms with Crippen molar-refractivity contribution in [2.45, 2.75) is 232 Å². The van der Waals surface area contributed by atoms with Gasteiger partial charge in [0.2, 0.25) is 23.6 Å². The van der Waals surface area contributed by atoms with Gasteiger partial charge in [0.1, 0.15) is 29.5 Å². The number of allylic oxidation sites excluding steroid dienone is 4. The van der Waals surface area contributed by atoms with Gasteiger partial charge in [-0.05, 0) is 192 Å². The molecule has 2 aromatic carbocycles. The summed E-state index contributed by atoms with van der Waals surface area (Å²) in [4.78, 5) is 126. The lowest BCUT2D eigenvalue weighted by Gasteiger charge is -2.38. The first-order valence-electron chi connectivity index (χ1n) is 45.1. The zero-order chi connectivity index (χ0) is 89.0. The minimum Gasteiger partial charge on any atom is -0.465 e. The van der Waals surface area contributed by atoms with Crippen LogP contribution in [-0.2, 0) is 80.2 Å². The number of likely N-dealkylation sites (tertiary alicyclic amines) is 1. The van der Waals surface area contributed by atoms with Gasteiger partial charge in [-0.1, -0.05) is 75.4 Å². The van der Waals surface area contributed by atoms with Crippen LogP contribution < -0.4 is 26.6 Å². The van der Waals surface area contributed by atoms with E-state index in [0.717, 1.165) is 122 Å². The fourth-order valence-corrected chi connectivity index (χ4v) is 18.4. The third-order valence-electron chi connectivity index (χ3n) is 25.7. The molecule has 0 radical (unpaired) electrons. The number of nitrogens with two attached hydrogens (primary N) is 2. The predicted molar refractivity (Wildman–Crippen MR) is 476 cm³/mol. The van der Waals surface area contributed by atoms with Gasteiger partial charge in [-0.3, -0.25) is 28.8 Å². The van der Waals surface area contributed by atoms with Gasteiger partial charge in [0, 0.05) is 135 Å². The Morgan fingerprint density at radius 2 is 1.52 bits per heavy atom. The molecule has 33 heteroatoms. The second kappa shape index (κ2) is 44.1. The van der Waals surface area contributed by atoms with Crippen LogP contribution in [0.5, 0.6) is 0 Å². The normalized spacial score (nSPS) is 20.9. The molecule has 126 heavy (non-hydrogen) atoms. The first-order chi connectivity index (χ1) is 60.8. The van der Waals surface area contributed by atoms with Gasteiger partial charge < -0.3 is 84.8 Å². The number of aromatic nitrogens is 9. The third-order valence-corrected chi connectivity index (χ3v) is 25.7. The van der Waals surface area contributed by atoms with Gasteiger partial charge in [0.15, 0.2) is 17.8 Å². The van der Waals surface area contributed by atoms with Crippen LogP contribution in [0.1, 0.15) is 202 Å². The number of hydrogen-bond acceptors (Lipinski definition) is 28. The number of ketones is 1. The smallest absolute Gasteiger partial charge is 0.295 e. The van der Waals surface area contributed by atoms with Crippen LogP contribution in [-0.4, -0.2) is 238 Å². The van der Waals surface area contributed by atoms with Crippen LogP contribution in [0, 0.1) is 29.6 Å². The lowest BCUT2D eigenvalue weighted by molar-refractivity contribution is -0.244. The molecule has 2 unspecified atom stereocenters. The largest absolute Gasteiger partial charge is 0.465 e. The summed E-state index contributed by atoms with van der Waals surface area (Å²) in [5.74, 6) is -1.98. The van der Waals surface area contributed by atoms with E-state index < -0.39 is 35.6 Å². The number of aliphatic hydroxyl groups excluding tert-OH is 2. The SMILES string of the molecule is CO[C@@H](CC1CCC[C@](O)(C(=O)C(=O)N2CCCCC2)O1)/C(C)=C/C=C/C(C)C[C@@H](C)C[C@@H](C)/C(C[C@H](O)/C(C)=C/[C@@H](C)CC[C@@H](CCC1CCC(O)CC1)OC=O)=N\OCC(=O)NCCOCCC(=O)N1CCc2nc(N3CCN(c4ncc(C(=O)N5CCc6cc(Cn7nc(-c8ccc9oc(N)nc9c8)c8c(N)ncnc87)ccc6C5)cn4)CC3)ncc2C1. The Bertz CT molecular complexity index is 5010. The maximum atomic E-state index is 13.9. The van der Waals surface area contributed by atoms with E-state index in [1.165, 1.54) is 11.2 Å². The fraction of sp³-hybridized carbons (Fsp3) is 0.581. The molecule has 1 aliphatic carbocycles. The topological polar surface area (TPSA) is 423 Å². The molecule has 33 nitrogen and oxygen atoms in total. The number of hydrogen-bond donors (Lipinski definition) is 6. The quantitative estimate of drug-likeness (QED) is 0.00395. The van der Waals surface area contributed by atoms with E-state index in [-0.39, 0.29) is 105 Å². The van der Waals surface area contributed by atoms with Crippen molar-refractivity contribution in [2.75, 3.05) is 107 Å². The number of rotatable bonds is 40. The molecule has 0 spiro atoms. The molecular weight excluding hydrogens is 1610 g/mol. The monoisotopic (exact) mass is 1730 g/mol. The van der Waals surface area contributed by atoms with E-state index in [4.69, 9.17) is 54.7 Å². The summed E-state index contributed by atoms with van der Waals surface area (Å²) in [6.07, 6.45) is 26.8. The maximum absolute atomic E-state index is 13.9. The van der Waals surface area contributed by atoms with E-state index in [1.807, 2.05) is 53.9 Å². The van der Waals surface area contributed by atoms with Crippen molar-refractivity contribution in [3.05, 3.63) is 130 Å². The van der Waals surface area contributed by atoms with Crippen LogP contribution in [0.4, 0.5) is 23.7 Å². The highest BCUT2D eigenvalue weighted by Crippen LogP contribution is 2.37. The van der Waals surface area contributed by atoms with Crippen LogP contribution in [0.2, 0.25) is 0 Å². The minimum atomic E-state index is -2.15. The molecule has 13 rings (SSSR count). The average Bonchev–Trinajstić information content (AvgIpc) is 1.61. The number of aliphatic hydroxyl groups is 3. The molecule has 1 saturated carbocycles. The van der Waals surface area contributed by atoms with Crippen LogP contribution in [0.25, 0.3) is 33.4 Å². The number of nitrogens with zero attached hydrogens (tertiary/aromatic N) is 15. The van der Waals surface area contributed by atoms with Crippen LogP contribution in [0.3, 0.4) is 0 Å². The van der Waals surface area contributed by atoms with Crippen molar-refractivity contribution in [3.63, 3.8) is 0 Å². The zero-order valence-corrected chi connectivity index (χ0v) is 74.0. The summed E-state index contributed by atoms with van der Waals surface area (Å²) in [5.41, 5.74) is 23.2. The van der Waals surface area contributed by atoms with Gasteiger partial charge >= 0.3 is 0 Å². The molecule has 9 atom stereocenters. The molecule has 8 N–H and O–H groups in total. The predicted octanol–water partition coefficient (Wildman–Crippen LogP) is 10.2. The molecule has 5 aliphatic heterocycles. The molecular formula is C93H126N18O15. The van der Waals surface area contributed by atoms with Crippen LogP contribution >= 0.6 is 0 Å². The number of oxazole rings is 1. The number of ether oxygens (including phenoxy) is 4. The molecule has 4 fully saturated rings. The number of amides is 4. The summed E-state index contributed by atoms with van der Waals surface area (Å²) in [7, 11) is 1.62. The Morgan fingerprint density at radius 3 is 2.29 bits per heavy atom. The van der Waals surface area contributed by atoms with E-state index >= 15 is 0 Å². The van der Waals surface area contributed by atoms with Crippen molar-refractivity contribution in [1.29, 1.82) is 0 Å². The molecule has 7 aromatic rings. The number of oxime groups is 1. The van der Waals surface area contributed by atoms with Gasteiger partial charge in [-0.2, -0.15) is 10.1 Å². The Balaban J connectivity index is 0.527. The van der Waals surface area contributed by atoms with Crippen LogP contribution in [0.15, 0.2) is 106 Å². The summed E-state index contributed by atoms with van der Waals surface area (Å²) in [6.45, 7) is 18.9. The number of methoxy groups -OCH3 is 1. The highest BCUT2D eigenvalue weighted by molar-refractivity contribution is 6.38. The average molecular weight is 1740 g/mol. The third kappa shape index (κ3) is 24.7. The van der Waals surface area contributed by atoms with E-state index in [0.29, 0.717) is 180 Å². The highest BCUT2D eigenvalue weighted by atomic mass is 16.6. The first kappa shape index (κ1) is 92.9. The van der Waals surface area contributed by atoms with Crippen molar-refractivity contribution < 1.29 is 72.3 Å². The van der Waals surface area contributed by atoms with E-state index in [2.05, 4.69) is 103 Å². The summed E-state index contributed by atoms with van der Waals surface area (Å²) >= 11 is 0. The van der Waals surface area contributed by atoms with Crippen molar-refractivity contribution in [1.82, 2.24) is 64.7 Å². The lowest BCUT2D eigenvalue weighted by Crippen LogP contribution is -2.55. The lowest BCUT2D eigenvalue weighted by atomic mass is 9.83. The number of fused-ring (bicyclic) bond motifs is 4. The van der Waals surface area contributed by atoms with Crippen molar-refractivity contribution >= 4 is 87.5 Å². The van der Waals surface area contributed by atoms with Crippen molar-refractivity contribution in [2.24, 2.45) is 34.7 Å². The Kier molecular flexibility index (Phi) is 32.6. The number of nitrogens with one attached hydrogen (secondary N) is 1. The molecule has 0 bridgehead atoms. The second-order valence-electron chi connectivity index (χ2n) is 35.4. The number of carbonyl (C=O) groups is 6. The van der Waals surface area contributed by atoms with E-state index in [9.17, 15) is 44.1 Å². The summed E-state index contributed by atoms with van der Waals surface area (Å²) < 4.78 is 30.6. The second-order valence-corrected chi connectivity index (χ2v) is 35.4. The van der Waals surface area contributed by atoms with Gasteiger partial charge in [0.05, 0.1) is 73.0 Å². The van der Waals surface area contributed by atoms with E-state index in [1.54, 1.807) is 30.5 Å². The molecule has 4 amide bonds. The fourth-order valence-electron chi connectivity index (χ4n) is 18.4. The minimum absolute atomic E-state index is 0.0590.